The van der Waals surface area contributed by atoms with E-state index in [4.69, 9.17) is 5.11 Å². The van der Waals surface area contributed by atoms with Crippen molar-refractivity contribution in [1.82, 2.24) is 9.88 Å². The van der Waals surface area contributed by atoms with Gasteiger partial charge in [0.15, 0.2) is 0 Å². The summed E-state index contributed by atoms with van der Waals surface area (Å²) < 4.78 is 0. The van der Waals surface area contributed by atoms with Crippen LogP contribution in [-0.4, -0.2) is 40.1 Å². The number of H-pyrrole nitrogens is 1. The van der Waals surface area contributed by atoms with Crippen LogP contribution in [0, 0.1) is 18.8 Å². The Kier molecular flexibility index (Phi) is 4.55. The molecule has 0 unspecified atom stereocenters. The predicted molar refractivity (Wildman–Crippen MR) is 80.6 cm³/mol. The zero-order valence-electron chi connectivity index (χ0n) is 12.8. The van der Waals surface area contributed by atoms with E-state index in [1.165, 1.54) is 0 Å². The van der Waals surface area contributed by atoms with E-state index in [1.54, 1.807) is 17.9 Å². The van der Waals surface area contributed by atoms with Crippen molar-refractivity contribution in [3.63, 3.8) is 0 Å². The highest BCUT2D eigenvalue weighted by Crippen LogP contribution is 2.25. The van der Waals surface area contributed by atoms with Gasteiger partial charge in [-0.05, 0) is 37.7 Å². The molecule has 0 aromatic carbocycles. The molecule has 1 aromatic heterocycles. The maximum Gasteiger partial charge on any atom is 0.354 e. The summed E-state index contributed by atoms with van der Waals surface area (Å²) >= 11 is 0. The molecule has 1 aliphatic heterocycles. The first-order valence-corrected chi connectivity index (χ1v) is 7.37. The Labute approximate surface area is 124 Å². The number of hydrogen-bond donors (Lipinski definition) is 3. The normalized spacial score (nSPS) is 16.3. The zero-order chi connectivity index (χ0) is 15.6. The molecular formula is C15H23N3O3. The van der Waals surface area contributed by atoms with Crippen molar-refractivity contribution in [2.75, 3.05) is 18.4 Å². The highest BCUT2D eigenvalue weighted by Gasteiger charge is 2.25. The standard InChI is InChI=1S/C15H23N3O3/c1-9(2)11-4-6-18(7-5-11)15(21)17-12-8-10(3)16-13(12)14(19)20/h8-9,11,16H,4-7H2,1-3H3,(H,17,21)(H,19,20). The summed E-state index contributed by atoms with van der Waals surface area (Å²) in [7, 11) is 0. The Balaban J connectivity index is 1.98. The number of nitrogens with one attached hydrogen (secondary N) is 2. The Hall–Kier alpha value is -1.98. The molecule has 1 aliphatic rings. The Morgan fingerprint density at radius 2 is 2.00 bits per heavy atom. The zero-order valence-corrected chi connectivity index (χ0v) is 12.8. The van der Waals surface area contributed by atoms with Crippen LogP contribution in [0.4, 0.5) is 10.5 Å². The molecule has 0 bridgehead atoms. The molecule has 1 aromatic rings. The van der Waals surface area contributed by atoms with E-state index < -0.39 is 5.97 Å². The summed E-state index contributed by atoms with van der Waals surface area (Å²) in [6.45, 7) is 7.63. The first-order valence-electron chi connectivity index (χ1n) is 7.37. The van der Waals surface area contributed by atoms with Crippen LogP contribution < -0.4 is 5.32 Å². The number of aromatic carboxylic acids is 1. The monoisotopic (exact) mass is 293 g/mol. The van der Waals surface area contributed by atoms with Gasteiger partial charge in [-0.3, -0.25) is 0 Å². The highest BCUT2D eigenvalue weighted by molar-refractivity contribution is 5.99. The lowest BCUT2D eigenvalue weighted by molar-refractivity contribution is 0.0692. The number of nitrogens with zero attached hydrogens (tertiary/aromatic N) is 1. The van der Waals surface area contributed by atoms with Gasteiger partial charge in [-0.1, -0.05) is 13.8 Å². The molecule has 0 aliphatic carbocycles. The second kappa shape index (κ2) is 6.20. The average molecular weight is 293 g/mol. The molecule has 0 atom stereocenters. The minimum atomic E-state index is -1.07. The summed E-state index contributed by atoms with van der Waals surface area (Å²) in [6, 6.07) is 1.42. The number of carbonyl (C=O) groups is 2. The van der Waals surface area contributed by atoms with Crippen LogP contribution in [0.25, 0.3) is 0 Å². The fourth-order valence-corrected chi connectivity index (χ4v) is 2.82. The molecule has 2 heterocycles. The molecule has 6 nitrogen and oxygen atoms in total. The number of anilines is 1. The number of aryl methyl sites for hydroxylation is 1. The highest BCUT2D eigenvalue weighted by atomic mass is 16.4. The number of aromatic nitrogens is 1. The topological polar surface area (TPSA) is 85.4 Å². The molecule has 3 N–H and O–H groups in total. The largest absolute Gasteiger partial charge is 0.477 e. The number of rotatable bonds is 3. The summed E-state index contributed by atoms with van der Waals surface area (Å²) in [5, 5.41) is 11.8. The summed E-state index contributed by atoms with van der Waals surface area (Å²) in [6.07, 6.45) is 2.01. The van der Waals surface area contributed by atoms with Gasteiger partial charge >= 0.3 is 12.0 Å². The number of hydrogen-bond acceptors (Lipinski definition) is 2. The molecule has 1 saturated heterocycles. The van der Waals surface area contributed by atoms with Crippen molar-refractivity contribution in [3.8, 4) is 0 Å². The summed E-state index contributed by atoms with van der Waals surface area (Å²) in [5.41, 5.74) is 1.06. The van der Waals surface area contributed by atoms with Gasteiger partial charge in [-0.25, -0.2) is 9.59 Å². The smallest absolute Gasteiger partial charge is 0.354 e. The van der Waals surface area contributed by atoms with Gasteiger partial charge in [-0.2, -0.15) is 0 Å². The van der Waals surface area contributed by atoms with Gasteiger partial charge < -0.3 is 20.3 Å². The second-order valence-corrected chi connectivity index (χ2v) is 6.04. The number of piperidine rings is 1. The van der Waals surface area contributed by atoms with Crippen molar-refractivity contribution in [2.45, 2.75) is 33.6 Å². The van der Waals surface area contributed by atoms with E-state index in [0.29, 0.717) is 23.2 Å². The minimum absolute atomic E-state index is 0.0258. The third-order valence-electron chi connectivity index (χ3n) is 4.18. The van der Waals surface area contributed by atoms with E-state index in [1.807, 2.05) is 0 Å². The number of urea groups is 1. The lowest BCUT2D eigenvalue weighted by Crippen LogP contribution is -2.42. The molecule has 0 radical (unpaired) electrons. The fourth-order valence-electron chi connectivity index (χ4n) is 2.82. The number of carbonyl (C=O) groups excluding carboxylic acids is 1. The number of carboxylic acid groups (broad SMARTS) is 1. The van der Waals surface area contributed by atoms with E-state index in [0.717, 1.165) is 25.9 Å². The van der Waals surface area contributed by atoms with Crippen LogP contribution in [0.1, 0.15) is 42.9 Å². The Bertz CT molecular complexity index is 528. The van der Waals surface area contributed by atoms with Gasteiger partial charge in [0.2, 0.25) is 0 Å². The quantitative estimate of drug-likeness (QED) is 0.801. The van der Waals surface area contributed by atoms with Crippen LogP contribution in [0.2, 0.25) is 0 Å². The molecule has 2 rings (SSSR count). The molecule has 1 fully saturated rings. The lowest BCUT2D eigenvalue weighted by Gasteiger charge is -2.33. The average Bonchev–Trinajstić information content (AvgIpc) is 2.80. The summed E-state index contributed by atoms with van der Waals surface area (Å²) in [5.74, 6) is 0.233. The van der Waals surface area contributed by atoms with Crippen molar-refractivity contribution in [1.29, 1.82) is 0 Å². The van der Waals surface area contributed by atoms with Crippen molar-refractivity contribution in [3.05, 3.63) is 17.5 Å². The van der Waals surface area contributed by atoms with E-state index in [-0.39, 0.29) is 11.7 Å². The maximum atomic E-state index is 12.2. The fraction of sp³-hybridized carbons (Fsp3) is 0.600. The Morgan fingerprint density at radius 1 is 1.38 bits per heavy atom. The number of amides is 2. The number of carboxylic acids is 1. The van der Waals surface area contributed by atoms with Gasteiger partial charge in [0.25, 0.3) is 0 Å². The SMILES string of the molecule is Cc1cc(NC(=O)N2CCC(C(C)C)CC2)c(C(=O)O)[nH]1. The van der Waals surface area contributed by atoms with Gasteiger partial charge in [0.1, 0.15) is 5.69 Å². The third kappa shape index (κ3) is 3.56. The van der Waals surface area contributed by atoms with Crippen molar-refractivity contribution in [2.24, 2.45) is 11.8 Å². The van der Waals surface area contributed by atoms with Gasteiger partial charge in [0, 0.05) is 18.8 Å². The van der Waals surface area contributed by atoms with Crippen LogP contribution in [0.5, 0.6) is 0 Å². The predicted octanol–water partition coefficient (Wildman–Crippen LogP) is 2.92. The third-order valence-corrected chi connectivity index (χ3v) is 4.18. The molecule has 6 heteroatoms. The number of likely N-dealkylation sites (tertiary alicyclic amines) is 1. The minimum Gasteiger partial charge on any atom is -0.477 e. The summed E-state index contributed by atoms with van der Waals surface area (Å²) in [4.78, 5) is 27.8. The molecule has 0 saturated carbocycles. The molecule has 0 spiro atoms. The van der Waals surface area contributed by atoms with E-state index >= 15 is 0 Å². The first kappa shape index (κ1) is 15.4. The van der Waals surface area contributed by atoms with Crippen LogP contribution in [0.3, 0.4) is 0 Å². The second-order valence-electron chi connectivity index (χ2n) is 6.04. The van der Waals surface area contributed by atoms with E-state index in [9.17, 15) is 9.59 Å². The van der Waals surface area contributed by atoms with Crippen LogP contribution >= 0.6 is 0 Å². The van der Waals surface area contributed by atoms with Crippen LogP contribution in [-0.2, 0) is 0 Å². The lowest BCUT2D eigenvalue weighted by atomic mass is 9.87. The first-order chi connectivity index (χ1) is 9.88. The molecular weight excluding hydrogens is 270 g/mol. The Morgan fingerprint density at radius 3 is 2.52 bits per heavy atom. The van der Waals surface area contributed by atoms with E-state index in [2.05, 4.69) is 24.1 Å². The van der Waals surface area contributed by atoms with Crippen molar-refractivity contribution >= 4 is 17.7 Å². The molecule has 116 valence electrons. The molecule has 2 amide bonds. The van der Waals surface area contributed by atoms with Crippen molar-refractivity contribution < 1.29 is 14.7 Å². The van der Waals surface area contributed by atoms with Crippen LogP contribution in [0.15, 0.2) is 6.07 Å². The maximum absolute atomic E-state index is 12.2. The van der Waals surface area contributed by atoms with Gasteiger partial charge in [0.05, 0.1) is 5.69 Å². The number of aromatic amines is 1. The van der Waals surface area contributed by atoms with Gasteiger partial charge in [-0.15, -0.1) is 0 Å². The molecule has 21 heavy (non-hydrogen) atoms.